The number of aliphatic hydroxyl groups excluding tert-OH is 1. The zero-order chi connectivity index (χ0) is 14.7. The van der Waals surface area contributed by atoms with Crippen LogP contribution in [0, 0.1) is 13.8 Å². The second-order valence-electron chi connectivity index (χ2n) is 4.78. The zero-order valence-corrected chi connectivity index (χ0v) is 11.5. The van der Waals surface area contributed by atoms with Gasteiger partial charge < -0.3 is 19.9 Å². The number of benzene rings is 2. The van der Waals surface area contributed by atoms with Crippen LogP contribution in [0.5, 0.6) is 11.5 Å². The van der Waals surface area contributed by atoms with E-state index in [0.29, 0.717) is 22.5 Å². The monoisotopic (exact) mass is 272 g/mol. The molecular formula is C15H17BO4. The summed E-state index contributed by atoms with van der Waals surface area (Å²) in [6, 6.07) is 10.8. The van der Waals surface area contributed by atoms with Gasteiger partial charge in [-0.1, -0.05) is 24.3 Å². The van der Waals surface area contributed by atoms with Crippen LogP contribution in [0.4, 0.5) is 0 Å². The molecule has 0 atom stereocenters. The van der Waals surface area contributed by atoms with Crippen molar-refractivity contribution in [1.29, 1.82) is 0 Å². The lowest BCUT2D eigenvalue weighted by molar-refractivity contribution is 0.276. The Morgan fingerprint density at radius 3 is 2.45 bits per heavy atom. The summed E-state index contributed by atoms with van der Waals surface area (Å²) in [6.45, 7) is 3.54. The third-order valence-electron chi connectivity index (χ3n) is 3.05. The van der Waals surface area contributed by atoms with Crippen LogP contribution in [-0.2, 0) is 6.61 Å². The Bertz CT molecular complexity index is 611. The maximum Gasteiger partial charge on any atom is 0.488 e. The molecule has 5 heteroatoms. The molecule has 0 spiro atoms. The van der Waals surface area contributed by atoms with Gasteiger partial charge in [-0.05, 0) is 42.6 Å². The van der Waals surface area contributed by atoms with Gasteiger partial charge in [0.15, 0.2) is 0 Å². The first kappa shape index (κ1) is 14.6. The SMILES string of the molecule is Cc1cccc(Oc2c(C)cc(B(O)O)cc2CO)c1. The van der Waals surface area contributed by atoms with Gasteiger partial charge in [0.1, 0.15) is 11.5 Å². The number of hydrogen-bond donors (Lipinski definition) is 3. The summed E-state index contributed by atoms with van der Waals surface area (Å²) in [5, 5.41) is 27.9. The minimum absolute atomic E-state index is 0.234. The van der Waals surface area contributed by atoms with Gasteiger partial charge in [0.05, 0.1) is 6.61 Å². The molecule has 0 aliphatic heterocycles. The van der Waals surface area contributed by atoms with Crippen molar-refractivity contribution in [2.75, 3.05) is 0 Å². The van der Waals surface area contributed by atoms with Gasteiger partial charge in [-0.3, -0.25) is 0 Å². The van der Waals surface area contributed by atoms with Crippen molar-refractivity contribution in [3.05, 3.63) is 53.1 Å². The topological polar surface area (TPSA) is 69.9 Å². The Hall–Kier alpha value is -1.82. The summed E-state index contributed by atoms with van der Waals surface area (Å²) in [7, 11) is -1.56. The smallest absolute Gasteiger partial charge is 0.457 e. The minimum Gasteiger partial charge on any atom is -0.457 e. The van der Waals surface area contributed by atoms with Gasteiger partial charge in [-0.15, -0.1) is 0 Å². The van der Waals surface area contributed by atoms with E-state index in [1.165, 1.54) is 6.07 Å². The lowest BCUT2D eigenvalue weighted by Crippen LogP contribution is -2.30. The number of rotatable bonds is 4. The fourth-order valence-corrected chi connectivity index (χ4v) is 2.09. The van der Waals surface area contributed by atoms with Crippen LogP contribution in [0.2, 0.25) is 0 Å². The highest BCUT2D eigenvalue weighted by Crippen LogP contribution is 2.29. The Labute approximate surface area is 118 Å². The van der Waals surface area contributed by atoms with E-state index in [2.05, 4.69) is 0 Å². The quantitative estimate of drug-likeness (QED) is 0.733. The largest absolute Gasteiger partial charge is 0.488 e. The Kier molecular flexibility index (Phi) is 4.44. The first-order valence-corrected chi connectivity index (χ1v) is 6.36. The zero-order valence-electron chi connectivity index (χ0n) is 11.5. The van der Waals surface area contributed by atoms with Crippen LogP contribution in [0.15, 0.2) is 36.4 Å². The first-order chi connectivity index (χ1) is 9.51. The highest BCUT2D eigenvalue weighted by Gasteiger charge is 2.17. The molecule has 0 aromatic heterocycles. The summed E-state index contributed by atoms with van der Waals surface area (Å²) < 4.78 is 5.82. The summed E-state index contributed by atoms with van der Waals surface area (Å²) in [4.78, 5) is 0. The molecule has 20 heavy (non-hydrogen) atoms. The minimum atomic E-state index is -1.56. The van der Waals surface area contributed by atoms with Crippen molar-refractivity contribution >= 4 is 12.6 Å². The van der Waals surface area contributed by atoms with E-state index in [1.54, 1.807) is 13.0 Å². The molecule has 0 radical (unpaired) electrons. The van der Waals surface area contributed by atoms with E-state index in [0.717, 1.165) is 11.1 Å². The lowest BCUT2D eigenvalue weighted by Gasteiger charge is -2.15. The fourth-order valence-electron chi connectivity index (χ4n) is 2.09. The van der Waals surface area contributed by atoms with Crippen LogP contribution in [0.25, 0.3) is 0 Å². The van der Waals surface area contributed by atoms with Crippen LogP contribution < -0.4 is 10.2 Å². The molecule has 0 saturated heterocycles. The molecule has 0 fully saturated rings. The molecule has 0 aliphatic rings. The van der Waals surface area contributed by atoms with Gasteiger partial charge in [0.25, 0.3) is 0 Å². The average Bonchev–Trinajstić information content (AvgIpc) is 2.40. The second kappa shape index (κ2) is 6.09. The van der Waals surface area contributed by atoms with E-state index in [1.807, 2.05) is 31.2 Å². The predicted molar refractivity (Wildman–Crippen MR) is 78.2 cm³/mol. The van der Waals surface area contributed by atoms with E-state index in [-0.39, 0.29) is 6.61 Å². The van der Waals surface area contributed by atoms with Gasteiger partial charge >= 0.3 is 7.12 Å². The first-order valence-electron chi connectivity index (χ1n) is 6.36. The van der Waals surface area contributed by atoms with Crippen LogP contribution in [0.1, 0.15) is 16.7 Å². The Morgan fingerprint density at radius 2 is 1.85 bits per heavy atom. The molecule has 0 heterocycles. The van der Waals surface area contributed by atoms with Gasteiger partial charge in [0, 0.05) is 5.56 Å². The average molecular weight is 272 g/mol. The third-order valence-corrected chi connectivity index (χ3v) is 3.05. The molecule has 0 bridgehead atoms. The van der Waals surface area contributed by atoms with Crippen molar-refractivity contribution < 1.29 is 19.9 Å². The molecule has 104 valence electrons. The lowest BCUT2D eigenvalue weighted by atomic mass is 9.78. The van der Waals surface area contributed by atoms with Crippen molar-refractivity contribution in [3.8, 4) is 11.5 Å². The molecular weight excluding hydrogens is 255 g/mol. The molecule has 3 N–H and O–H groups in total. The molecule has 2 aromatic carbocycles. The molecule has 4 nitrogen and oxygen atoms in total. The van der Waals surface area contributed by atoms with Crippen molar-refractivity contribution in [3.63, 3.8) is 0 Å². The van der Waals surface area contributed by atoms with Crippen molar-refractivity contribution in [1.82, 2.24) is 0 Å². The molecule has 2 aromatic rings. The third kappa shape index (κ3) is 3.19. The molecule has 0 aliphatic carbocycles. The number of hydrogen-bond acceptors (Lipinski definition) is 4. The molecule has 0 amide bonds. The summed E-state index contributed by atoms with van der Waals surface area (Å²) in [5.41, 5.74) is 2.67. The Balaban J connectivity index is 2.41. The van der Waals surface area contributed by atoms with Gasteiger partial charge in [0.2, 0.25) is 0 Å². The normalized spacial score (nSPS) is 10.4. The molecule has 2 rings (SSSR count). The van der Waals surface area contributed by atoms with E-state index in [9.17, 15) is 15.2 Å². The summed E-state index contributed by atoms with van der Waals surface area (Å²) in [6.07, 6.45) is 0. The fraction of sp³-hybridized carbons (Fsp3) is 0.200. The number of ether oxygens (including phenoxy) is 1. The standard InChI is InChI=1S/C15H17BO4/c1-10-4-3-5-14(6-10)20-15-11(2)7-13(16(18)19)8-12(15)9-17/h3-8,17-19H,9H2,1-2H3. The van der Waals surface area contributed by atoms with Crippen LogP contribution >= 0.6 is 0 Å². The van der Waals surface area contributed by atoms with Crippen molar-refractivity contribution in [2.24, 2.45) is 0 Å². The Morgan fingerprint density at radius 1 is 1.10 bits per heavy atom. The van der Waals surface area contributed by atoms with Gasteiger partial charge in [-0.25, -0.2) is 0 Å². The highest BCUT2D eigenvalue weighted by molar-refractivity contribution is 6.58. The highest BCUT2D eigenvalue weighted by atomic mass is 16.5. The van der Waals surface area contributed by atoms with Crippen LogP contribution in [0.3, 0.4) is 0 Å². The second-order valence-corrected chi connectivity index (χ2v) is 4.78. The van der Waals surface area contributed by atoms with E-state index in [4.69, 9.17) is 4.74 Å². The molecule has 0 unspecified atom stereocenters. The summed E-state index contributed by atoms with van der Waals surface area (Å²) >= 11 is 0. The van der Waals surface area contributed by atoms with Crippen molar-refractivity contribution in [2.45, 2.75) is 20.5 Å². The number of aryl methyl sites for hydroxylation is 2. The predicted octanol–water partition coefficient (Wildman–Crippen LogP) is 1.27. The van der Waals surface area contributed by atoms with E-state index >= 15 is 0 Å². The van der Waals surface area contributed by atoms with Gasteiger partial charge in [-0.2, -0.15) is 0 Å². The van der Waals surface area contributed by atoms with Crippen LogP contribution in [-0.4, -0.2) is 22.3 Å². The summed E-state index contributed by atoms with van der Waals surface area (Å²) in [5.74, 6) is 1.22. The number of aliphatic hydroxyl groups is 1. The van der Waals surface area contributed by atoms with E-state index < -0.39 is 7.12 Å². The molecule has 0 saturated carbocycles. The maximum absolute atomic E-state index is 9.44. The maximum atomic E-state index is 9.44.